The van der Waals surface area contributed by atoms with Crippen LogP contribution in [0, 0.1) is 0 Å². The molecule has 0 fully saturated rings. The van der Waals surface area contributed by atoms with Crippen LogP contribution in [0.2, 0.25) is 10.0 Å². The highest BCUT2D eigenvalue weighted by molar-refractivity contribution is 7.92. The molecule has 0 saturated carbocycles. The summed E-state index contributed by atoms with van der Waals surface area (Å²) in [6.45, 7) is 0.0566. The van der Waals surface area contributed by atoms with E-state index in [1.807, 2.05) is 0 Å². The number of halogens is 2. The summed E-state index contributed by atoms with van der Waals surface area (Å²) >= 11 is 11.9. The van der Waals surface area contributed by atoms with Gasteiger partial charge in [0.25, 0.3) is 15.9 Å². The molecule has 0 unspecified atom stereocenters. The first-order chi connectivity index (χ1) is 18.4. The first-order valence-electron chi connectivity index (χ1n) is 11.4. The van der Waals surface area contributed by atoms with Gasteiger partial charge in [0.1, 0.15) is 0 Å². The fourth-order valence-corrected chi connectivity index (χ4v) is 5.86. The molecule has 2 N–H and O–H groups in total. The minimum Gasteiger partial charge on any atom is -0.322 e. The lowest BCUT2D eigenvalue weighted by molar-refractivity contribution is 0.102. The molecule has 202 valence electrons. The Bertz CT molecular complexity index is 1690. The Labute approximate surface area is 237 Å². The SMILES string of the molecule is CS(=O)(=O)N(Cc1ccc(C(=O)Nc2ccc(S(=O)(=O)Nc3ccc(Cl)cc3)cc2)cc1)c1cccc(Cl)c1. The van der Waals surface area contributed by atoms with Crippen molar-refractivity contribution >= 4 is 66.2 Å². The average molecular weight is 605 g/mol. The molecule has 4 rings (SSSR count). The summed E-state index contributed by atoms with van der Waals surface area (Å²) in [7, 11) is -7.42. The molecule has 0 atom stereocenters. The van der Waals surface area contributed by atoms with Crippen molar-refractivity contribution in [1.29, 1.82) is 0 Å². The van der Waals surface area contributed by atoms with Crippen molar-refractivity contribution < 1.29 is 21.6 Å². The highest BCUT2D eigenvalue weighted by Gasteiger charge is 2.19. The van der Waals surface area contributed by atoms with Gasteiger partial charge in [-0.3, -0.25) is 13.8 Å². The van der Waals surface area contributed by atoms with Crippen LogP contribution in [0.3, 0.4) is 0 Å². The molecule has 0 aliphatic carbocycles. The molecule has 0 aliphatic heterocycles. The summed E-state index contributed by atoms with van der Waals surface area (Å²) in [6, 6.07) is 25.0. The third-order valence-corrected chi connectivity index (χ3v) is 8.58. The molecule has 0 bridgehead atoms. The summed E-state index contributed by atoms with van der Waals surface area (Å²) < 4.78 is 53.8. The van der Waals surface area contributed by atoms with Gasteiger partial charge in [0, 0.05) is 27.0 Å². The first-order valence-corrected chi connectivity index (χ1v) is 15.5. The van der Waals surface area contributed by atoms with Crippen LogP contribution in [0.25, 0.3) is 0 Å². The van der Waals surface area contributed by atoms with Gasteiger partial charge in [-0.15, -0.1) is 0 Å². The predicted molar refractivity (Wildman–Crippen MR) is 156 cm³/mol. The number of hydrogen-bond acceptors (Lipinski definition) is 5. The van der Waals surface area contributed by atoms with E-state index in [1.165, 1.54) is 28.6 Å². The van der Waals surface area contributed by atoms with Gasteiger partial charge in [-0.1, -0.05) is 41.4 Å². The second-order valence-electron chi connectivity index (χ2n) is 8.54. The zero-order chi connectivity index (χ0) is 28.2. The lowest BCUT2D eigenvalue weighted by Crippen LogP contribution is -2.29. The zero-order valence-corrected chi connectivity index (χ0v) is 23.7. The second-order valence-corrected chi connectivity index (χ2v) is 13.0. The summed E-state index contributed by atoms with van der Waals surface area (Å²) in [5, 5.41) is 3.62. The van der Waals surface area contributed by atoms with Crippen molar-refractivity contribution in [1.82, 2.24) is 0 Å². The van der Waals surface area contributed by atoms with Crippen LogP contribution in [0.4, 0.5) is 17.1 Å². The van der Waals surface area contributed by atoms with Crippen LogP contribution in [-0.2, 0) is 26.6 Å². The van der Waals surface area contributed by atoms with Gasteiger partial charge in [0.2, 0.25) is 10.0 Å². The molecule has 0 heterocycles. The van der Waals surface area contributed by atoms with Crippen LogP contribution >= 0.6 is 23.2 Å². The largest absolute Gasteiger partial charge is 0.322 e. The topological polar surface area (TPSA) is 113 Å². The second kappa shape index (κ2) is 11.7. The van der Waals surface area contributed by atoms with Crippen LogP contribution in [-0.4, -0.2) is 29.0 Å². The van der Waals surface area contributed by atoms with E-state index in [1.54, 1.807) is 72.8 Å². The molecule has 0 spiro atoms. The zero-order valence-electron chi connectivity index (χ0n) is 20.5. The molecule has 39 heavy (non-hydrogen) atoms. The smallest absolute Gasteiger partial charge is 0.261 e. The number of anilines is 3. The van der Waals surface area contributed by atoms with Crippen LogP contribution in [0.15, 0.2) is 102 Å². The van der Waals surface area contributed by atoms with E-state index in [-0.39, 0.29) is 11.4 Å². The van der Waals surface area contributed by atoms with Crippen LogP contribution in [0.5, 0.6) is 0 Å². The standard InChI is InChI=1S/C27H23Cl2N3O5S2/c1-38(34,35)32(25-4-2-3-22(29)17-25)18-19-5-7-20(8-6-19)27(33)30-23-13-15-26(16-14-23)39(36,37)31-24-11-9-21(28)10-12-24/h2-17,31H,18H2,1H3,(H,30,33). The Morgan fingerprint density at radius 3 is 1.97 bits per heavy atom. The molecule has 0 saturated heterocycles. The lowest BCUT2D eigenvalue weighted by atomic mass is 10.1. The van der Waals surface area contributed by atoms with E-state index in [2.05, 4.69) is 10.0 Å². The Morgan fingerprint density at radius 1 is 0.769 bits per heavy atom. The maximum Gasteiger partial charge on any atom is 0.261 e. The van der Waals surface area contributed by atoms with Crippen molar-refractivity contribution in [3.05, 3.63) is 118 Å². The molecule has 0 radical (unpaired) electrons. The van der Waals surface area contributed by atoms with Gasteiger partial charge in [-0.2, -0.15) is 0 Å². The number of hydrogen-bond donors (Lipinski definition) is 2. The van der Waals surface area contributed by atoms with Gasteiger partial charge in [0.15, 0.2) is 0 Å². The lowest BCUT2D eigenvalue weighted by Gasteiger charge is -2.22. The number of rotatable bonds is 9. The van der Waals surface area contributed by atoms with Gasteiger partial charge in [-0.05, 0) is 84.4 Å². The summed E-state index contributed by atoms with van der Waals surface area (Å²) in [5.41, 5.74) is 2.21. The van der Waals surface area contributed by atoms with Crippen molar-refractivity contribution in [2.75, 3.05) is 20.6 Å². The summed E-state index contributed by atoms with van der Waals surface area (Å²) in [6.07, 6.45) is 1.11. The van der Waals surface area contributed by atoms with Gasteiger partial charge >= 0.3 is 0 Å². The van der Waals surface area contributed by atoms with Crippen LogP contribution < -0.4 is 14.3 Å². The Balaban J connectivity index is 1.42. The summed E-state index contributed by atoms with van der Waals surface area (Å²) in [4.78, 5) is 12.8. The summed E-state index contributed by atoms with van der Waals surface area (Å²) in [5.74, 6) is -0.411. The maximum atomic E-state index is 12.7. The Hall–Kier alpha value is -3.57. The van der Waals surface area contributed by atoms with E-state index in [0.29, 0.717) is 38.2 Å². The monoisotopic (exact) mass is 603 g/mol. The molecule has 0 aromatic heterocycles. The number of nitrogens with one attached hydrogen (secondary N) is 2. The molecule has 4 aromatic carbocycles. The molecule has 8 nitrogen and oxygen atoms in total. The molecular formula is C27H23Cl2N3O5S2. The van der Waals surface area contributed by atoms with E-state index >= 15 is 0 Å². The average Bonchev–Trinajstić information content (AvgIpc) is 2.88. The van der Waals surface area contributed by atoms with Crippen molar-refractivity contribution in [3.63, 3.8) is 0 Å². The fraction of sp³-hybridized carbons (Fsp3) is 0.0741. The highest BCUT2D eigenvalue weighted by Crippen LogP contribution is 2.24. The quantitative estimate of drug-likeness (QED) is 0.243. The van der Waals surface area contributed by atoms with E-state index in [9.17, 15) is 21.6 Å². The van der Waals surface area contributed by atoms with Crippen molar-refractivity contribution in [3.8, 4) is 0 Å². The normalized spacial score (nSPS) is 11.6. The number of nitrogens with zero attached hydrogens (tertiary/aromatic N) is 1. The van der Waals surface area contributed by atoms with Gasteiger partial charge < -0.3 is 5.32 Å². The minimum absolute atomic E-state index is 0.0231. The molecule has 1 amide bonds. The predicted octanol–water partition coefficient (Wildman–Crippen LogP) is 6.01. The number of amides is 1. The molecule has 0 aliphatic rings. The fourth-order valence-electron chi connectivity index (χ4n) is 3.61. The van der Waals surface area contributed by atoms with Crippen molar-refractivity contribution in [2.24, 2.45) is 0 Å². The van der Waals surface area contributed by atoms with E-state index < -0.39 is 26.0 Å². The number of benzene rings is 4. The molecular weight excluding hydrogens is 581 g/mol. The van der Waals surface area contributed by atoms with Gasteiger partial charge in [0.05, 0.1) is 23.4 Å². The van der Waals surface area contributed by atoms with Gasteiger partial charge in [-0.25, -0.2) is 16.8 Å². The highest BCUT2D eigenvalue weighted by atomic mass is 35.5. The van der Waals surface area contributed by atoms with Crippen molar-refractivity contribution in [2.45, 2.75) is 11.4 Å². The maximum absolute atomic E-state index is 12.7. The molecule has 12 heteroatoms. The Kier molecular flexibility index (Phi) is 8.51. The first kappa shape index (κ1) is 28.4. The van der Waals surface area contributed by atoms with Crippen LogP contribution in [0.1, 0.15) is 15.9 Å². The van der Waals surface area contributed by atoms with E-state index in [4.69, 9.17) is 23.2 Å². The minimum atomic E-state index is -3.83. The van der Waals surface area contributed by atoms with E-state index in [0.717, 1.165) is 6.26 Å². The Morgan fingerprint density at radius 2 is 1.38 bits per heavy atom. The number of carbonyl (C=O) groups excluding carboxylic acids is 1. The number of carbonyl (C=O) groups is 1. The molecule has 4 aromatic rings. The third-order valence-electron chi connectivity index (χ3n) is 5.56. The third kappa shape index (κ3) is 7.51. The number of sulfonamides is 2.